The summed E-state index contributed by atoms with van der Waals surface area (Å²) < 4.78 is 48.6. The number of nitrogens with one attached hydrogen (secondary N) is 2. The quantitative estimate of drug-likeness (QED) is 0.163. The molecule has 6 aromatic rings. The summed E-state index contributed by atoms with van der Waals surface area (Å²) >= 11 is 5.84. The standard InChI is InChI=1S/C35H29ClF3N7O2/c1-45-30-10-8-24(40-35(47)21-6-9-28-25(15-21)33(34(38)39)44-43-28)17-29(30)41-31(45)18-46-13-11-20(12-14-46)27-3-2-4-32(42-27)48-19-22-5-7-23(36)16-26(22)37/h2-11,15-17,34H,12-14,18-19H2,1H3,(H,40,47)(H,43,44). The fourth-order valence-electron chi connectivity index (χ4n) is 5.76. The third kappa shape index (κ3) is 6.49. The van der Waals surface area contributed by atoms with Crippen LogP contribution in [0.2, 0.25) is 5.02 Å². The lowest BCUT2D eigenvalue weighted by Gasteiger charge is -2.25. The number of carbonyl (C=O) groups is 1. The molecule has 0 fully saturated rings. The minimum atomic E-state index is -2.73. The summed E-state index contributed by atoms with van der Waals surface area (Å²) in [5.41, 5.74) is 4.80. The van der Waals surface area contributed by atoms with Crippen molar-refractivity contribution in [2.24, 2.45) is 7.05 Å². The van der Waals surface area contributed by atoms with Crippen molar-refractivity contribution >= 4 is 50.7 Å². The number of amides is 1. The number of benzene rings is 3. The van der Waals surface area contributed by atoms with E-state index in [1.807, 2.05) is 29.8 Å². The maximum absolute atomic E-state index is 14.1. The molecule has 1 amide bonds. The Bertz CT molecular complexity index is 2200. The monoisotopic (exact) mass is 671 g/mol. The maximum Gasteiger partial charge on any atom is 0.280 e. The molecule has 13 heteroatoms. The molecule has 0 radical (unpaired) electrons. The number of aromatic amines is 1. The molecule has 7 rings (SSSR count). The zero-order valence-corrected chi connectivity index (χ0v) is 26.4. The van der Waals surface area contributed by atoms with E-state index in [-0.39, 0.29) is 23.3 Å². The van der Waals surface area contributed by atoms with Crippen molar-refractivity contribution in [2.75, 3.05) is 18.4 Å². The summed E-state index contributed by atoms with van der Waals surface area (Å²) in [6, 6.07) is 20.0. The lowest BCUT2D eigenvalue weighted by molar-refractivity contribution is 0.102. The SMILES string of the molecule is Cn1c(CN2CC=C(c3cccc(OCc4ccc(Cl)cc4F)n3)CC2)nc2cc(NC(=O)c3ccc4n[nH]c(C(F)F)c4c3)ccc21. The highest BCUT2D eigenvalue weighted by Crippen LogP contribution is 2.28. The first kappa shape index (κ1) is 31.4. The third-order valence-corrected chi connectivity index (χ3v) is 8.63. The van der Waals surface area contributed by atoms with Gasteiger partial charge in [0.05, 0.1) is 28.8 Å². The Kier molecular flexibility index (Phi) is 8.59. The number of pyridine rings is 1. The Labute approximate surface area is 278 Å². The van der Waals surface area contributed by atoms with Crippen LogP contribution in [-0.4, -0.2) is 48.6 Å². The Morgan fingerprint density at radius 1 is 1.06 bits per heavy atom. The molecule has 0 unspecified atom stereocenters. The normalized spacial score (nSPS) is 13.8. The molecule has 48 heavy (non-hydrogen) atoms. The minimum Gasteiger partial charge on any atom is -0.473 e. The Balaban J connectivity index is 0.994. The van der Waals surface area contributed by atoms with E-state index in [9.17, 15) is 18.0 Å². The summed E-state index contributed by atoms with van der Waals surface area (Å²) in [5, 5.41) is 9.61. The zero-order chi connectivity index (χ0) is 33.4. The van der Waals surface area contributed by atoms with Crippen molar-refractivity contribution < 1.29 is 22.7 Å². The Hall–Kier alpha value is -5.20. The molecule has 0 atom stereocenters. The van der Waals surface area contributed by atoms with Crippen molar-refractivity contribution in [3.8, 4) is 5.88 Å². The van der Waals surface area contributed by atoms with Crippen LogP contribution in [0.25, 0.3) is 27.5 Å². The van der Waals surface area contributed by atoms with E-state index in [1.54, 1.807) is 36.4 Å². The predicted octanol–water partition coefficient (Wildman–Crippen LogP) is 7.70. The number of carbonyl (C=O) groups excluding carboxylic acids is 1. The van der Waals surface area contributed by atoms with Gasteiger partial charge in [0.2, 0.25) is 5.88 Å². The van der Waals surface area contributed by atoms with Gasteiger partial charge in [-0.25, -0.2) is 23.1 Å². The van der Waals surface area contributed by atoms with E-state index in [2.05, 4.69) is 31.5 Å². The number of ether oxygens (including phenoxy) is 1. The van der Waals surface area contributed by atoms with E-state index in [0.717, 1.165) is 41.1 Å². The van der Waals surface area contributed by atoms with Gasteiger partial charge in [-0.2, -0.15) is 5.10 Å². The van der Waals surface area contributed by atoms with Gasteiger partial charge in [0.15, 0.2) is 0 Å². The minimum absolute atomic E-state index is 0.0464. The number of aryl methyl sites for hydroxylation is 1. The topological polar surface area (TPSA) is 101 Å². The molecule has 244 valence electrons. The highest BCUT2D eigenvalue weighted by Gasteiger charge is 2.19. The summed E-state index contributed by atoms with van der Waals surface area (Å²) in [7, 11) is 1.96. The van der Waals surface area contributed by atoms with E-state index < -0.39 is 18.1 Å². The number of hydrogen-bond acceptors (Lipinski definition) is 6. The van der Waals surface area contributed by atoms with Gasteiger partial charge in [-0.1, -0.05) is 29.8 Å². The smallest absolute Gasteiger partial charge is 0.280 e. The number of anilines is 1. The second kappa shape index (κ2) is 13.1. The van der Waals surface area contributed by atoms with E-state index in [1.165, 1.54) is 18.2 Å². The molecule has 0 bridgehead atoms. The summed E-state index contributed by atoms with van der Waals surface area (Å²) in [5.74, 6) is 0.445. The average molecular weight is 672 g/mol. The van der Waals surface area contributed by atoms with E-state index in [0.29, 0.717) is 40.8 Å². The van der Waals surface area contributed by atoms with Crippen LogP contribution >= 0.6 is 11.6 Å². The number of imidazole rings is 1. The predicted molar refractivity (Wildman–Crippen MR) is 178 cm³/mol. The number of hydrogen-bond donors (Lipinski definition) is 2. The van der Waals surface area contributed by atoms with Crippen molar-refractivity contribution in [2.45, 2.75) is 26.0 Å². The first-order valence-electron chi connectivity index (χ1n) is 15.2. The first-order valence-corrected chi connectivity index (χ1v) is 15.6. The average Bonchev–Trinajstić information content (AvgIpc) is 3.65. The van der Waals surface area contributed by atoms with Crippen molar-refractivity contribution in [3.05, 3.63) is 118 Å². The van der Waals surface area contributed by atoms with Gasteiger partial charge >= 0.3 is 0 Å². The second-order valence-corrected chi connectivity index (χ2v) is 12.0. The van der Waals surface area contributed by atoms with Crippen molar-refractivity contribution in [1.29, 1.82) is 0 Å². The van der Waals surface area contributed by atoms with Crippen LogP contribution in [0.1, 0.15) is 46.0 Å². The van der Waals surface area contributed by atoms with Gasteiger partial charge in [0, 0.05) is 53.4 Å². The third-order valence-electron chi connectivity index (χ3n) is 8.40. The number of alkyl halides is 2. The Morgan fingerprint density at radius 2 is 1.94 bits per heavy atom. The lowest BCUT2D eigenvalue weighted by atomic mass is 10.0. The fraction of sp³-hybridized carbons (Fsp3) is 0.200. The van der Waals surface area contributed by atoms with Gasteiger partial charge in [-0.15, -0.1) is 0 Å². The van der Waals surface area contributed by atoms with E-state index in [4.69, 9.17) is 21.3 Å². The largest absolute Gasteiger partial charge is 0.473 e. The number of H-pyrrole nitrogens is 1. The second-order valence-electron chi connectivity index (χ2n) is 11.5. The number of aromatic nitrogens is 5. The molecule has 0 saturated carbocycles. The number of fused-ring (bicyclic) bond motifs is 2. The maximum atomic E-state index is 14.1. The summed E-state index contributed by atoms with van der Waals surface area (Å²) in [4.78, 5) is 24.8. The van der Waals surface area contributed by atoms with Crippen LogP contribution in [0.4, 0.5) is 18.9 Å². The molecular weight excluding hydrogens is 643 g/mol. The van der Waals surface area contributed by atoms with Gasteiger partial charge in [-0.3, -0.25) is 14.8 Å². The number of rotatable bonds is 9. The molecular formula is C35H29ClF3N7O2. The van der Waals surface area contributed by atoms with Crippen LogP contribution in [0, 0.1) is 5.82 Å². The molecule has 9 nitrogen and oxygen atoms in total. The van der Waals surface area contributed by atoms with Crippen LogP contribution in [0.5, 0.6) is 5.88 Å². The molecule has 1 aliphatic heterocycles. The molecule has 0 saturated heterocycles. The molecule has 3 aromatic carbocycles. The van der Waals surface area contributed by atoms with Gasteiger partial charge < -0.3 is 14.6 Å². The van der Waals surface area contributed by atoms with Crippen LogP contribution in [0.3, 0.4) is 0 Å². The molecule has 2 N–H and O–H groups in total. The van der Waals surface area contributed by atoms with Crippen LogP contribution < -0.4 is 10.1 Å². The summed E-state index contributed by atoms with van der Waals surface area (Å²) in [6.07, 6.45) is 0.203. The lowest BCUT2D eigenvalue weighted by Crippen LogP contribution is -2.29. The van der Waals surface area contributed by atoms with E-state index >= 15 is 0 Å². The fourth-order valence-corrected chi connectivity index (χ4v) is 5.92. The first-order chi connectivity index (χ1) is 23.2. The van der Waals surface area contributed by atoms with Gasteiger partial charge in [0.25, 0.3) is 12.3 Å². The highest BCUT2D eigenvalue weighted by molar-refractivity contribution is 6.30. The zero-order valence-electron chi connectivity index (χ0n) is 25.7. The number of nitrogens with zero attached hydrogens (tertiary/aromatic N) is 5. The highest BCUT2D eigenvalue weighted by atomic mass is 35.5. The molecule has 0 spiro atoms. The summed E-state index contributed by atoms with van der Waals surface area (Å²) in [6.45, 7) is 2.17. The van der Waals surface area contributed by atoms with Crippen LogP contribution in [0.15, 0.2) is 78.9 Å². The number of halogens is 4. The molecule has 3 aromatic heterocycles. The molecule has 1 aliphatic rings. The Morgan fingerprint density at radius 3 is 2.73 bits per heavy atom. The molecule has 4 heterocycles. The van der Waals surface area contributed by atoms with Crippen molar-refractivity contribution in [1.82, 2.24) is 29.6 Å². The van der Waals surface area contributed by atoms with Crippen LogP contribution in [-0.2, 0) is 20.2 Å². The van der Waals surface area contributed by atoms with Gasteiger partial charge in [-0.05, 0) is 66.6 Å². The molecule has 0 aliphatic carbocycles. The van der Waals surface area contributed by atoms with Crippen molar-refractivity contribution in [3.63, 3.8) is 0 Å². The van der Waals surface area contributed by atoms with Gasteiger partial charge in [0.1, 0.15) is 23.9 Å².